The van der Waals surface area contributed by atoms with Crippen molar-refractivity contribution in [2.45, 2.75) is 51.2 Å². The fraction of sp³-hybridized carbons (Fsp3) is 0.444. The summed E-state index contributed by atoms with van der Waals surface area (Å²) in [6.45, 7) is -1.30. The maximum absolute atomic E-state index is 12.7. The van der Waals surface area contributed by atoms with E-state index in [2.05, 4.69) is 20.4 Å². The van der Waals surface area contributed by atoms with Crippen LogP contribution in [0.4, 0.5) is 8.78 Å². The molecule has 2 aromatic rings. The van der Waals surface area contributed by atoms with Gasteiger partial charge in [0.05, 0.1) is 11.4 Å². The number of rotatable bonds is 6. The van der Waals surface area contributed by atoms with Crippen molar-refractivity contribution < 1.29 is 28.2 Å². The van der Waals surface area contributed by atoms with Gasteiger partial charge in [0.1, 0.15) is 11.3 Å². The molecular weight excluding hydrogens is 374 g/mol. The minimum Gasteiger partial charge on any atom is -0.480 e. The summed E-state index contributed by atoms with van der Waals surface area (Å²) < 4.78 is 30.2. The van der Waals surface area contributed by atoms with Crippen molar-refractivity contribution in [3.05, 3.63) is 35.7 Å². The third kappa shape index (κ3) is 3.95. The van der Waals surface area contributed by atoms with E-state index in [-0.39, 0.29) is 11.4 Å². The Morgan fingerprint density at radius 2 is 1.86 bits per heavy atom. The van der Waals surface area contributed by atoms with Gasteiger partial charge in [-0.15, -0.1) is 5.10 Å². The van der Waals surface area contributed by atoms with E-state index in [0.717, 1.165) is 19.3 Å². The van der Waals surface area contributed by atoms with E-state index in [0.29, 0.717) is 24.2 Å². The summed E-state index contributed by atoms with van der Waals surface area (Å²) in [6.07, 6.45) is 3.13. The monoisotopic (exact) mass is 394 g/mol. The lowest BCUT2D eigenvalue weighted by atomic mass is 9.81. The van der Waals surface area contributed by atoms with Crippen molar-refractivity contribution in [1.82, 2.24) is 20.3 Å². The molecule has 0 aliphatic heterocycles. The van der Waals surface area contributed by atoms with E-state index in [1.807, 2.05) is 0 Å². The number of amides is 1. The molecule has 8 nitrogen and oxygen atoms in total. The smallest absolute Gasteiger partial charge is 0.387 e. The lowest BCUT2D eigenvalue weighted by molar-refractivity contribution is -0.145. The third-order valence-corrected chi connectivity index (χ3v) is 4.89. The van der Waals surface area contributed by atoms with Crippen molar-refractivity contribution in [3.63, 3.8) is 0 Å². The van der Waals surface area contributed by atoms with Gasteiger partial charge in [-0.25, -0.2) is 9.48 Å². The molecule has 150 valence electrons. The summed E-state index contributed by atoms with van der Waals surface area (Å²) >= 11 is 0. The van der Waals surface area contributed by atoms with Gasteiger partial charge in [0.15, 0.2) is 5.69 Å². The largest absolute Gasteiger partial charge is 0.480 e. The van der Waals surface area contributed by atoms with Crippen LogP contribution in [-0.4, -0.2) is 44.1 Å². The highest BCUT2D eigenvalue weighted by Crippen LogP contribution is 2.29. The van der Waals surface area contributed by atoms with Gasteiger partial charge in [0, 0.05) is 0 Å². The molecule has 1 saturated carbocycles. The van der Waals surface area contributed by atoms with Gasteiger partial charge in [0.2, 0.25) is 0 Å². The van der Waals surface area contributed by atoms with Gasteiger partial charge >= 0.3 is 12.6 Å². The number of carbonyl (C=O) groups is 2. The van der Waals surface area contributed by atoms with Gasteiger partial charge in [-0.1, -0.05) is 24.5 Å². The van der Waals surface area contributed by atoms with Gasteiger partial charge in [-0.3, -0.25) is 4.79 Å². The SMILES string of the molecule is Cc1c(C(=O)NC2(C(=O)O)CCCCC2)nnn1-c1ccc(OC(F)F)cc1. The summed E-state index contributed by atoms with van der Waals surface area (Å²) in [5.74, 6) is -1.67. The first-order valence-electron chi connectivity index (χ1n) is 8.86. The average Bonchev–Trinajstić information content (AvgIpc) is 3.04. The number of ether oxygens (including phenoxy) is 1. The van der Waals surface area contributed by atoms with Crippen LogP contribution in [0.1, 0.15) is 48.3 Å². The topological polar surface area (TPSA) is 106 Å². The Hall–Kier alpha value is -3.04. The van der Waals surface area contributed by atoms with Crippen LogP contribution in [0.5, 0.6) is 5.75 Å². The Kier molecular flexibility index (Phi) is 5.57. The second-order valence-electron chi connectivity index (χ2n) is 6.71. The number of aromatic nitrogens is 3. The van der Waals surface area contributed by atoms with Crippen molar-refractivity contribution >= 4 is 11.9 Å². The molecule has 10 heteroatoms. The maximum atomic E-state index is 12.7. The molecule has 1 aromatic carbocycles. The number of benzene rings is 1. The first kappa shape index (κ1) is 19.7. The van der Waals surface area contributed by atoms with Gasteiger partial charge < -0.3 is 15.2 Å². The van der Waals surface area contributed by atoms with Crippen LogP contribution in [0.25, 0.3) is 5.69 Å². The van der Waals surface area contributed by atoms with Gasteiger partial charge in [-0.05, 0) is 44.0 Å². The predicted octanol–water partition coefficient (Wildman–Crippen LogP) is 2.69. The number of aliphatic carboxylic acids is 1. The number of nitrogens with one attached hydrogen (secondary N) is 1. The van der Waals surface area contributed by atoms with Crippen LogP contribution in [0.2, 0.25) is 0 Å². The van der Waals surface area contributed by atoms with Crippen molar-refractivity contribution in [3.8, 4) is 11.4 Å². The Morgan fingerprint density at radius 3 is 2.43 bits per heavy atom. The second-order valence-corrected chi connectivity index (χ2v) is 6.71. The Bertz CT molecular complexity index is 861. The standard InChI is InChI=1S/C18H20F2N4O4/c1-11-14(15(25)21-18(16(26)27)9-3-2-4-10-18)22-23-24(11)12-5-7-13(8-6-12)28-17(19)20/h5-8,17H,2-4,9-10H2,1H3,(H,21,25)(H,26,27). The number of hydrogen-bond acceptors (Lipinski definition) is 5. The number of carboxylic acid groups (broad SMARTS) is 1. The normalized spacial score (nSPS) is 16.0. The van der Waals surface area contributed by atoms with Crippen LogP contribution in [0.3, 0.4) is 0 Å². The molecule has 1 aliphatic carbocycles. The van der Waals surface area contributed by atoms with E-state index in [1.165, 1.54) is 28.9 Å². The maximum Gasteiger partial charge on any atom is 0.387 e. The van der Waals surface area contributed by atoms with Crippen molar-refractivity contribution in [2.75, 3.05) is 0 Å². The first-order chi connectivity index (χ1) is 13.3. The second kappa shape index (κ2) is 7.91. The number of alkyl halides is 2. The minimum absolute atomic E-state index is 0.00446. The number of nitrogens with zero attached hydrogens (tertiary/aromatic N) is 3. The van der Waals surface area contributed by atoms with Gasteiger partial charge in [-0.2, -0.15) is 8.78 Å². The first-order valence-corrected chi connectivity index (χ1v) is 8.86. The third-order valence-electron chi connectivity index (χ3n) is 4.89. The molecule has 1 amide bonds. The molecule has 0 saturated heterocycles. The molecule has 28 heavy (non-hydrogen) atoms. The highest BCUT2D eigenvalue weighted by Gasteiger charge is 2.41. The molecule has 1 heterocycles. The molecular formula is C18H20F2N4O4. The zero-order valence-electron chi connectivity index (χ0n) is 15.2. The quantitative estimate of drug-likeness (QED) is 0.780. The highest BCUT2D eigenvalue weighted by molar-refractivity contribution is 5.97. The van der Waals surface area contributed by atoms with E-state index >= 15 is 0 Å². The fourth-order valence-corrected chi connectivity index (χ4v) is 3.38. The molecule has 3 rings (SSSR count). The molecule has 2 N–H and O–H groups in total. The lowest BCUT2D eigenvalue weighted by Gasteiger charge is -2.33. The summed E-state index contributed by atoms with van der Waals surface area (Å²) in [6, 6.07) is 5.70. The van der Waals surface area contributed by atoms with Crippen LogP contribution in [0.15, 0.2) is 24.3 Å². The lowest BCUT2D eigenvalue weighted by Crippen LogP contribution is -2.55. The van der Waals surface area contributed by atoms with Gasteiger partial charge in [0.25, 0.3) is 5.91 Å². The van der Waals surface area contributed by atoms with Crippen LogP contribution < -0.4 is 10.1 Å². The van der Waals surface area contributed by atoms with Crippen LogP contribution >= 0.6 is 0 Å². The number of carboxylic acids is 1. The molecule has 0 unspecified atom stereocenters. The zero-order chi connectivity index (χ0) is 20.3. The molecule has 0 radical (unpaired) electrons. The fourth-order valence-electron chi connectivity index (χ4n) is 3.38. The Morgan fingerprint density at radius 1 is 1.21 bits per heavy atom. The minimum atomic E-state index is -2.92. The molecule has 1 fully saturated rings. The molecule has 1 aromatic heterocycles. The van der Waals surface area contributed by atoms with Crippen molar-refractivity contribution in [2.24, 2.45) is 0 Å². The van der Waals surface area contributed by atoms with Crippen LogP contribution in [-0.2, 0) is 4.79 Å². The molecule has 0 spiro atoms. The summed E-state index contributed by atoms with van der Waals surface area (Å²) in [4.78, 5) is 24.4. The summed E-state index contributed by atoms with van der Waals surface area (Å²) in [5, 5.41) is 20.0. The van der Waals surface area contributed by atoms with E-state index < -0.39 is 24.0 Å². The van der Waals surface area contributed by atoms with E-state index in [1.54, 1.807) is 6.92 Å². The Balaban J connectivity index is 1.80. The van der Waals surface area contributed by atoms with E-state index in [4.69, 9.17) is 0 Å². The molecule has 0 atom stereocenters. The highest BCUT2D eigenvalue weighted by atomic mass is 19.3. The summed E-state index contributed by atoms with van der Waals surface area (Å²) in [7, 11) is 0. The molecule has 0 bridgehead atoms. The summed E-state index contributed by atoms with van der Waals surface area (Å²) in [5.41, 5.74) is -0.383. The number of hydrogen-bond donors (Lipinski definition) is 2. The Labute approximate surface area is 159 Å². The average molecular weight is 394 g/mol. The molecule has 1 aliphatic rings. The van der Waals surface area contributed by atoms with Crippen molar-refractivity contribution in [1.29, 1.82) is 0 Å². The number of halogens is 2. The predicted molar refractivity (Wildman–Crippen MR) is 93.6 cm³/mol. The number of carbonyl (C=O) groups excluding carboxylic acids is 1. The van der Waals surface area contributed by atoms with Crippen LogP contribution in [0, 0.1) is 6.92 Å². The zero-order valence-corrected chi connectivity index (χ0v) is 15.2. The van der Waals surface area contributed by atoms with E-state index in [9.17, 15) is 23.5 Å².